The molecule has 16 heavy (non-hydrogen) atoms. The van der Waals surface area contributed by atoms with E-state index in [2.05, 4.69) is 6.58 Å². The molecule has 0 amide bonds. The quantitative estimate of drug-likeness (QED) is 0.561. The Balaban J connectivity index is 2.44. The molecular formula is C14H18O2. The summed E-state index contributed by atoms with van der Waals surface area (Å²) in [5.74, 6) is 0.0611. The molecule has 0 bridgehead atoms. The molecule has 0 aliphatic rings. The Kier molecular flexibility index (Phi) is 4.77. The van der Waals surface area contributed by atoms with Gasteiger partial charge in [0.2, 0.25) is 0 Å². The van der Waals surface area contributed by atoms with Gasteiger partial charge in [-0.15, -0.1) is 0 Å². The van der Waals surface area contributed by atoms with Gasteiger partial charge in [0.25, 0.3) is 0 Å². The molecule has 0 heterocycles. The third-order valence-corrected chi connectivity index (χ3v) is 2.10. The van der Waals surface area contributed by atoms with Crippen LogP contribution in [0.4, 0.5) is 0 Å². The summed E-state index contributed by atoms with van der Waals surface area (Å²) in [6.07, 6.45) is 0.553. The predicted octanol–water partition coefficient (Wildman–Crippen LogP) is 2.98. The second kappa shape index (κ2) is 6.11. The molecule has 0 spiro atoms. The number of carbonyl (C=O) groups excluding carboxylic acids is 1. The van der Waals surface area contributed by atoms with Crippen LogP contribution in [0.1, 0.15) is 19.4 Å². The van der Waals surface area contributed by atoms with Crippen molar-refractivity contribution in [3.8, 4) is 0 Å². The van der Waals surface area contributed by atoms with Gasteiger partial charge in [0, 0.05) is 12.0 Å². The summed E-state index contributed by atoms with van der Waals surface area (Å²) in [4.78, 5) is 11.5. The van der Waals surface area contributed by atoms with Crippen LogP contribution >= 0.6 is 0 Å². The Bertz CT molecular complexity index is 352. The lowest BCUT2D eigenvalue weighted by Gasteiger charge is -2.08. The number of hydrogen-bond donors (Lipinski definition) is 0. The fourth-order valence-electron chi connectivity index (χ4n) is 1.26. The maximum absolute atomic E-state index is 11.5. The van der Waals surface area contributed by atoms with Crippen molar-refractivity contribution in [1.29, 1.82) is 0 Å². The second-order valence-electron chi connectivity index (χ2n) is 4.26. The molecule has 2 heteroatoms. The van der Waals surface area contributed by atoms with Crippen LogP contribution in [0.2, 0.25) is 0 Å². The van der Waals surface area contributed by atoms with Gasteiger partial charge < -0.3 is 4.74 Å². The van der Waals surface area contributed by atoms with E-state index in [9.17, 15) is 4.79 Å². The first-order valence-electron chi connectivity index (χ1n) is 5.48. The average molecular weight is 218 g/mol. The van der Waals surface area contributed by atoms with Gasteiger partial charge in [-0.05, 0) is 11.5 Å². The summed E-state index contributed by atoms with van der Waals surface area (Å²) < 4.78 is 5.10. The highest BCUT2D eigenvalue weighted by atomic mass is 16.5. The summed E-state index contributed by atoms with van der Waals surface area (Å²) in [6.45, 7) is 8.22. The summed E-state index contributed by atoms with van der Waals surface area (Å²) in [5.41, 5.74) is 1.58. The number of carbonyl (C=O) groups is 1. The molecule has 1 aromatic rings. The smallest absolute Gasteiger partial charge is 0.333 e. The average Bonchev–Trinajstić information content (AvgIpc) is 2.27. The highest BCUT2D eigenvalue weighted by molar-refractivity contribution is 5.88. The Morgan fingerprint density at radius 1 is 1.31 bits per heavy atom. The van der Waals surface area contributed by atoms with E-state index >= 15 is 0 Å². The topological polar surface area (TPSA) is 26.3 Å². The highest BCUT2D eigenvalue weighted by Gasteiger charge is 2.09. The van der Waals surface area contributed by atoms with E-state index in [0.717, 1.165) is 5.56 Å². The number of ether oxygens (including phenoxy) is 1. The molecule has 0 saturated carbocycles. The molecule has 0 radical (unpaired) electrons. The molecule has 0 saturated heterocycles. The van der Waals surface area contributed by atoms with Gasteiger partial charge in [-0.25, -0.2) is 4.79 Å². The van der Waals surface area contributed by atoms with Crippen LogP contribution < -0.4 is 0 Å². The number of rotatable bonds is 5. The van der Waals surface area contributed by atoms with Crippen LogP contribution in [-0.4, -0.2) is 12.6 Å². The van der Waals surface area contributed by atoms with Gasteiger partial charge in [-0.2, -0.15) is 0 Å². The molecule has 0 aromatic heterocycles. The minimum atomic E-state index is -0.294. The predicted molar refractivity (Wildman–Crippen MR) is 65.1 cm³/mol. The van der Waals surface area contributed by atoms with Crippen molar-refractivity contribution in [3.63, 3.8) is 0 Å². The first kappa shape index (κ1) is 12.5. The van der Waals surface area contributed by atoms with Gasteiger partial charge in [-0.3, -0.25) is 0 Å². The van der Waals surface area contributed by atoms with E-state index < -0.39 is 0 Å². The first-order valence-corrected chi connectivity index (χ1v) is 5.48. The first-order chi connectivity index (χ1) is 7.59. The Morgan fingerprint density at radius 2 is 1.94 bits per heavy atom. The molecule has 1 rings (SSSR count). The van der Waals surface area contributed by atoms with Crippen molar-refractivity contribution in [1.82, 2.24) is 0 Å². The summed E-state index contributed by atoms with van der Waals surface area (Å²) in [5, 5.41) is 0. The Morgan fingerprint density at radius 3 is 2.50 bits per heavy atom. The maximum atomic E-state index is 11.5. The van der Waals surface area contributed by atoms with E-state index in [-0.39, 0.29) is 5.97 Å². The third-order valence-electron chi connectivity index (χ3n) is 2.10. The van der Waals surface area contributed by atoms with Crippen LogP contribution in [-0.2, 0) is 16.0 Å². The fraction of sp³-hybridized carbons (Fsp3) is 0.357. The van der Waals surface area contributed by atoms with E-state index in [0.29, 0.717) is 24.5 Å². The molecule has 0 N–H and O–H groups in total. The number of esters is 1. The zero-order chi connectivity index (χ0) is 12.0. The Hall–Kier alpha value is -1.57. The molecule has 0 fully saturated rings. The largest absolute Gasteiger partial charge is 0.462 e. The van der Waals surface area contributed by atoms with Crippen molar-refractivity contribution < 1.29 is 9.53 Å². The minimum absolute atomic E-state index is 0.294. The van der Waals surface area contributed by atoms with Crippen LogP contribution in [0.3, 0.4) is 0 Å². The van der Waals surface area contributed by atoms with Gasteiger partial charge in [0.15, 0.2) is 0 Å². The summed E-state index contributed by atoms with van der Waals surface area (Å²) in [7, 11) is 0. The van der Waals surface area contributed by atoms with Crippen LogP contribution in [0.5, 0.6) is 0 Å². The lowest BCUT2D eigenvalue weighted by Crippen LogP contribution is -2.12. The number of hydrogen-bond acceptors (Lipinski definition) is 2. The van der Waals surface area contributed by atoms with Gasteiger partial charge >= 0.3 is 5.97 Å². The van der Waals surface area contributed by atoms with Crippen molar-refractivity contribution in [2.75, 3.05) is 6.61 Å². The van der Waals surface area contributed by atoms with Crippen molar-refractivity contribution in [3.05, 3.63) is 48.0 Å². The van der Waals surface area contributed by atoms with Gasteiger partial charge in [-0.1, -0.05) is 50.8 Å². The summed E-state index contributed by atoms with van der Waals surface area (Å²) in [6, 6.07) is 9.79. The zero-order valence-electron chi connectivity index (χ0n) is 9.90. The van der Waals surface area contributed by atoms with Crippen molar-refractivity contribution >= 4 is 5.97 Å². The van der Waals surface area contributed by atoms with Crippen LogP contribution in [0.25, 0.3) is 0 Å². The lowest BCUT2D eigenvalue weighted by atomic mass is 10.1. The SMILES string of the molecule is C=C(Cc1ccccc1)C(=O)OCC(C)C. The normalized spacial score (nSPS) is 10.2. The highest BCUT2D eigenvalue weighted by Crippen LogP contribution is 2.08. The molecule has 1 aromatic carbocycles. The second-order valence-corrected chi connectivity index (χ2v) is 4.26. The molecule has 0 unspecified atom stereocenters. The van der Waals surface area contributed by atoms with Crippen LogP contribution in [0, 0.1) is 5.92 Å². The van der Waals surface area contributed by atoms with Crippen molar-refractivity contribution in [2.24, 2.45) is 5.92 Å². The van der Waals surface area contributed by atoms with Gasteiger partial charge in [0.05, 0.1) is 6.61 Å². The summed E-state index contributed by atoms with van der Waals surface area (Å²) >= 11 is 0. The van der Waals surface area contributed by atoms with E-state index in [1.807, 2.05) is 44.2 Å². The van der Waals surface area contributed by atoms with E-state index in [1.165, 1.54) is 0 Å². The molecule has 0 aliphatic carbocycles. The lowest BCUT2D eigenvalue weighted by molar-refractivity contribution is -0.140. The van der Waals surface area contributed by atoms with E-state index in [1.54, 1.807) is 0 Å². The molecular weight excluding hydrogens is 200 g/mol. The van der Waals surface area contributed by atoms with Gasteiger partial charge in [0.1, 0.15) is 0 Å². The maximum Gasteiger partial charge on any atom is 0.333 e. The monoisotopic (exact) mass is 218 g/mol. The number of benzene rings is 1. The molecule has 0 aliphatic heterocycles. The third kappa shape index (κ3) is 4.30. The Labute approximate surface area is 96.9 Å². The molecule has 2 nitrogen and oxygen atoms in total. The van der Waals surface area contributed by atoms with Crippen molar-refractivity contribution in [2.45, 2.75) is 20.3 Å². The minimum Gasteiger partial charge on any atom is -0.462 e. The standard InChI is InChI=1S/C14H18O2/c1-11(2)10-16-14(15)12(3)9-13-7-5-4-6-8-13/h4-8,11H,3,9-10H2,1-2H3. The zero-order valence-corrected chi connectivity index (χ0v) is 9.90. The molecule has 86 valence electrons. The molecule has 0 atom stereocenters. The fourth-order valence-corrected chi connectivity index (χ4v) is 1.26. The van der Waals surface area contributed by atoms with E-state index in [4.69, 9.17) is 4.74 Å². The van der Waals surface area contributed by atoms with Crippen LogP contribution in [0.15, 0.2) is 42.5 Å².